The molecule has 98 valence electrons. The molecule has 0 fully saturated rings. The molecular weight excluding hydrogens is 194 g/mol. The minimum Gasteiger partial charge on any atom is -0.316 e. The minimum absolute atomic E-state index is 0.516. The van der Waals surface area contributed by atoms with Gasteiger partial charge in [0.05, 0.1) is 0 Å². The highest BCUT2D eigenvalue weighted by Gasteiger charge is 2.20. The summed E-state index contributed by atoms with van der Waals surface area (Å²) < 4.78 is 0. The maximum absolute atomic E-state index is 3.62. The van der Waals surface area contributed by atoms with Crippen LogP contribution in [0.1, 0.15) is 73.1 Å². The molecule has 1 nitrogen and oxygen atoms in total. The van der Waals surface area contributed by atoms with Crippen molar-refractivity contribution in [2.24, 2.45) is 11.3 Å². The molecule has 1 heteroatoms. The lowest BCUT2D eigenvalue weighted by Crippen LogP contribution is -2.33. The van der Waals surface area contributed by atoms with Gasteiger partial charge in [-0.3, -0.25) is 0 Å². The van der Waals surface area contributed by atoms with E-state index in [1.54, 1.807) is 0 Å². The van der Waals surface area contributed by atoms with Gasteiger partial charge in [-0.05, 0) is 30.7 Å². The summed E-state index contributed by atoms with van der Waals surface area (Å²) in [6.45, 7) is 13.9. The lowest BCUT2D eigenvalue weighted by atomic mass is 9.82. The molecule has 0 aromatic rings. The highest BCUT2D eigenvalue weighted by atomic mass is 14.9. The van der Waals surface area contributed by atoms with Gasteiger partial charge >= 0.3 is 0 Å². The summed E-state index contributed by atoms with van der Waals surface area (Å²) in [5.41, 5.74) is 0.516. The lowest BCUT2D eigenvalue weighted by Gasteiger charge is -2.29. The Kier molecular flexibility index (Phi) is 9.02. The Hall–Kier alpha value is -0.0400. The fourth-order valence-corrected chi connectivity index (χ4v) is 2.03. The molecule has 0 radical (unpaired) electrons. The summed E-state index contributed by atoms with van der Waals surface area (Å²) in [6.07, 6.45) is 8.24. The Morgan fingerprint density at radius 3 is 2.25 bits per heavy atom. The van der Waals surface area contributed by atoms with Crippen LogP contribution in [0.25, 0.3) is 0 Å². The summed E-state index contributed by atoms with van der Waals surface area (Å²) in [6, 6.07) is 0. The number of hydrogen-bond acceptors (Lipinski definition) is 1. The van der Waals surface area contributed by atoms with E-state index in [0.717, 1.165) is 12.5 Å². The van der Waals surface area contributed by atoms with Crippen molar-refractivity contribution in [1.82, 2.24) is 5.32 Å². The normalized spacial score (nSPS) is 15.4. The number of unbranched alkanes of at least 4 members (excludes halogenated alkanes) is 3. The molecule has 1 atom stereocenters. The smallest absolute Gasteiger partial charge is 0.000517 e. The van der Waals surface area contributed by atoms with E-state index >= 15 is 0 Å². The second-order valence-electron chi connectivity index (χ2n) is 6.00. The van der Waals surface area contributed by atoms with Gasteiger partial charge in [0.25, 0.3) is 0 Å². The molecule has 0 aliphatic rings. The highest BCUT2D eigenvalue weighted by molar-refractivity contribution is 4.75. The average Bonchev–Trinajstić information content (AvgIpc) is 2.24. The van der Waals surface area contributed by atoms with E-state index in [9.17, 15) is 0 Å². The summed E-state index contributed by atoms with van der Waals surface area (Å²) in [5.74, 6) is 0.765. The maximum Gasteiger partial charge on any atom is 0.000517 e. The van der Waals surface area contributed by atoms with Crippen molar-refractivity contribution in [3.8, 4) is 0 Å². The molecule has 1 unspecified atom stereocenters. The topological polar surface area (TPSA) is 12.0 Å². The van der Waals surface area contributed by atoms with Crippen LogP contribution in [0.2, 0.25) is 0 Å². The highest BCUT2D eigenvalue weighted by Crippen LogP contribution is 2.27. The van der Waals surface area contributed by atoms with Crippen LogP contribution in [-0.2, 0) is 0 Å². The molecule has 0 saturated carbocycles. The third kappa shape index (κ3) is 8.15. The molecule has 16 heavy (non-hydrogen) atoms. The van der Waals surface area contributed by atoms with Crippen LogP contribution in [0.3, 0.4) is 0 Å². The zero-order chi connectivity index (χ0) is 12.4. The SMILES string of the molecule is CCCCCCC(C)(CC)CNCC(C)C. The Morgan fingerprint density at radius 1 is 1.06 bits per heavy atom. The second kappa shape index (κ2) is 9.04. The predicted octanol–water partition coefficient (Wildman–Crippen LogP) is 4.62. The average molecular weight is 227 g/mol. The van der Waals surface area contributed by atoms with E-state index in [2.05, 4.69) is 39.9 Å². The zero-order valence-electron chi connectivity index (χ0n) is 12.2. The number of nitrogens with one attached hydrogen (secondary N) is 1. The first-order valence-electron chi connectivity index (χ1n) is 7.24. The summed E-state index contributed by atoms with van der Waals surface area (Å²) >= 11 is 0. The van der Waals surface area contributed by atoms with Crippen LogP contribution < -0.4 is 5.32 Å². The van der Waals surface area contributed by atoms with E-state index < -0.39 is 0 Å². The van der Waals surface area contributed by atoms with Crippen LogP contribution in [0.4, 0.5) is 0 Å². The van der Waals surface area contributed by atoms with Gasteiger partial charge in [-0.15, -0.1) is 0 Å². The predicted molar refractivity (Wildman–Crippen MR) is 74.9 cm³/mol. The lowest BCUT2D eigenvalue weighted by molar-refractivity contribution is 0.255. The van der Waals surface area contributed by atoms with Crippen molar-refractivity contribution < 1.29 is 0 Å². The zero-order valence-corrected chi connectivity index (χ0v) is 12.2. The van der Waals surface area contributed by atoms with Crippen LogP contribution in [0.15, 0.2) is 0 Å². The fraction of sp³-hybridized carbons (Fsp3) is 1.00. The minimum atomic E-state index is 0.516. The first-order chi connectivity index (χ1) is 7.54. The molecule has 0 spiro atoms. The van der Waals surface area contributed by atoms with E-state index in [1.165, 1.54) is 45.1 Å². The van der Waals surface area contributed by atoms with Gasteiger partial charge in [-0.25, -0.2) is 0 Å². The van der Waals surface area contributed by atoms with Gasteiger partial charge in [0.15, 0.2) is 0 Å². The van der Waals surface area contributed by atoms with Gasteiger partial charge in [0, 0.05) is 6.54 Å². The second-order valence-corrected chi connectivity index (χ2v) is 6.00. The van der Waals surface area contributed by atoms with Crippen LogP contribution in [-0.4, -0.2) is 13.1 Å². The molecule has 0 aromatic carbocycles. The Morgan fingerprint density at radius 2 is 1.75 bits per heavy atom. The van der Waals surface area contributed by atoms with Crippen molar-refractivity contribution in [1.29, 1.82) is 0 Å². The van der Waals surface area contributed by atoms with E-state index in [-0.39, 0.29) is 0 Å². The standard InChI is InChI=1S/C15H33N/c1-6-8-9-10-11-15(5,7-2)13-16-12-14(3)4/h14,16H,6-13H2,1-5H3. The van der Waals surface area contributed by atoms with Crippen molar-refractivity contribution in [3.05, 3.63) is 0 Å². The van der Waals surface area contributed by atoms with Gasteiger partial charge in [-0.2, -0.15) is 0 Å². The molecule has 0 aromatic heterocycles. The van der Waals surface area contributed by atoms with Crippen molar-refractivity contribution in [2.45, 2.75) is 73.1 Å². The molecule has 0 aliphatic carbocycles. The van der Waals surface area contributed by atoms with Crippen molar-refractivity contribution >= 4 is 0 Å². The first kappa shape index (κ1) is 16.0. The third-order valence-corrected chi connectivity index (χ3v) is 3.59. The molecule has 1 N–H and O–H groups in total. The molecule has 0 rings (SSSR count). The van der Waals surface area contributed by atoms with Gasteiger partial charge in [-0.1, -0.05) is 60.3 Å². The van der Waals surface area contributed by atoms with E-state index in [1.807, 2.05) is 0 Å². The largest absolute Gasteiger partial charge is 0.316 e. The Balaban J connectivity index is 3.72. The molecule has 0 amide bonds. The summed E-state index contributed by atoms with van der Waals surface area (Å²) in [4.78, 5) is 0. The van der Waals surface area contributed by atoms with E-state index in [4.69, 9.17) is 0 Å². The quantitative estimate of drug-likeness (QED) is 0.537. The molecule has 0 aliphatic heterocycles. The van der Waals surface area contributed by atoms with Crippen molar-refractivity contribution in [2.75, 3.05) is 13.1 Å². The van der Waals surface area contributed by atoms with Gasteiger partial charge in [0.1, 0.15) is 0 Å². The van der Waals surface area contributed by atoms with Crippen LogP contribution in [0, 0.1) is 11.3 Å². The Bertz CT molecular complexity index is 154. The molecule has 0 heterocycles. The summed E-state index contributed by atoms with van der Waals surface area (Å²) in [5, 5.41) is 3.62. The van der Waals surface area contributed by atoms with Crippen LogP contribution >= 0.6 is 0 Å². The van der Waals surface area contributed by atoms with Gasteiger partial charge in [0.2, 0.25) is 0 Å². The monoisotopic (exact) mass is 227 g/mol. The third-order valence-electron chi connectivity index (χ3n) is 3.59. The fourth-order valence-electron chi connectivity index (χ4n) is 2.03. The summed E-state index contributed by atoms with van der Waals surface area (Å²) in [7, 11) is 0. The van der Waals surface area contributed by atoms with E-state index in [0.29, 0.717) is 5.41 Å². The molecule has 0 bridgehead atoms. The number of rotatable bonds is 10. The Labute approximate surface area is 103 Å². The maximum atomic E-state index is 3.62. The molecular formula is C15H33N. The number of hydrogen-bond donors (Lipinski definition) is 1. The van der Waals surface area contributed by atoms with Crippen molar-refractivity contribution in [3.63, 3.8) is 0 Å². The van der Waals surface area contributed by atoms with Crippen LogP contribution in [0.5, 0.6) is 0 Å². The van der Waals surface area contributed by atoms with Gasteiger partial charge < -0.3 is 5.32 Å². The first-order valence-corrected chi connectivity index (χ1v) is 7.24. The molecule has 0 saturated heterocycles.